The van der Waals surface area contributed by atoms with Crippen LogP contribution in [0.1, 0.15) is 25.0 Å². The van der Waals surface area contributed by atoms with E-state index in [9.17, 15) is 4.79 Å². The number of rotatable bonds is 5. The van der Waals surface area contributed by atoms with Gasteiger partial charge in [-0.3, -0.25) is 9.69 Å². The maximum Gasteiger partial charge on any atom is 0.225 e. The predicted molar refractivity (Wildman–Crippen MR) is 151 cm³/mol. The van der Waals surface area contributed by atoms with Gasteiger partial charge in [-0.2, -0.15) is 0 Å². The first-order valence-electron chi connectivity index (χ1n) is 13.3. The van der Waals surface area contributed by atoms with Crippen LogP contribution in [0.15, 0.2) is 79.0 Å². The maximum absolute atomic E-state index is 12.7. The molecule has 6 heteroatoms. The molecule has 4 heterocycles. The van der Waals surface area contributed by atoms with Crippen molar-refractivity contribution in [2.75, 3.05) is 26.2 Å². The summed E-state index contributed by atoms with van der Waals surface area (Å²) >= 11 is 1.83. The lowest BCUT2D eigenvalue weighted by Crippen LogP contribution is -2.50. The Balaban J connectivity index is 1.22. The van der Waals surface area contributed by atoms with Crippen molar-refractivity contribution in [3.05, 3.63) is 84.7 Å². The van der Waals surface area contributed by atoms with E-state index in [-0.39, 0.29) is 5.92 Å². The smallest absolute Gasteiger partial charge is 0.225 e. The fraction of sp³-hybridized carbons (Fsp3) is 0.290. The number of imidazole rings is 1. The number of fused-ring (bicyclic) bond motifs is 2. The summed E-state index contributed by atoms with van der Waals surface area (Å²) in [6, 6.07) is 25.7. The molecular formula is C31H30N4OS. The van der Waals surface area contributed by atoms with Crippen LogP contribution in [0, 0.1) is 5.92 Å². The summed E-state index contributed by atoms with van der Waals surface area (Å²) in [5.41, 5.74) is 5.58. The monoisotopic (exact) mass is 506 g/mol. The zero-order chi connectivity index (χ0) is 24.8. The van der Waals surface area contributed by atoms with Gasteiger partial charge < -0.3 is 9.30 Å². The van der Waals surface area contributed by atoms with Crippen LogP contribution in [-0.4, -0.2) is 51.3 Å². The molecule has 5 aromatic rings. The molecule has 0 radical (unpaired) electrons. The van der Waals surface area contributed by atoms with Gasteiger partial charge in [0.05, 0.1) is 11.4 Å². The summed E-state index contributed by atoms with van der Waals surface area (Å²) in [6.07, 6.45) is 5.61. The zero-order valence-corrected chi connectivity index (χ0v) is 21.7. The van der Waals surface area contributed by atoms with Crippen LogP contribution in [0.5, 0.6) is 0 Å². The van der Waals surface area contributed by atoms with Gasteiger partial charge in [0.2, 0.25) is 5.91 Å². The number of hydrogen-bond donors (Lipinski definition) is 0. The van der Waals surface area contributed by atoms with E-state index in [0.717, 1.165) is 62.5 Å². The topological polar surface area (TPSA) is 40.9 Å². The van der Waals surface area contributed by atoms with Crippen LogP contribution in [0.2, 0.25) is 0 Å². The van der Waals surface area contributed by atoms with Gasteiger partial charge in [-0.1, -0.05) is 55.0 Å². The fourth-order valence-corrected chi connectivity index (χ4v) is 6.65. The fourth-order valence-electron chi connectivity index (χ4n) is 5.59. The second-order valence-corrected chi connectivity index (χ2v) is 11.4. The second kappa shape index (κ2) is 9.43. The summed E-state index contributed by atoms with van der Waals surface area (Å²) in [7, 11) is 0. The molecule has 1 aliphatic heterocycles. The normalized spacial score (nSPS) is 16.9. The molecule has 2 aromatic carbocycles. The first kappa shape index (κ1) is 22.7. The summed E-state index contributed by atoms with van der Waals surface area (Å²) in [5.74, 6) is 0.654. The lowest BCUT2D eigenvalue weighted by Gasteiger charge is -2.38. The molecule has 2 fully saturated rings. The molecule has 0 N–H and O–H groups in total. The highest BCUT2D eigenvalue weighted by atomic mass is 32.1. The molecule has 1 saturated heterocycles. The summed E-state index contributed by atoms with van der Waals surface area (Å²) in [5, 5.41) is 1.28. The molecule has 5 nitrogen and oxygen atoms in total. The highest BCUT2D eigenvalue weighted by molar-refractivity contribution is 7.22. The first-order chi connectivity index (χ1) is 18.2. The minimum absolute atomic E-state index is 0.280. The van der Waals surface area contributed by atoms with Gasteiger partial charge >= 0.3 is 0 Å². The second-order valence-electron chi connectivity index (χ2n) is 10.3. The van der Waals surface area contributed by atoms with Crippen LogP contribution in [-0.2, 0) is 11.3 Å². The summed E-state index contributed by atoms with van der Waals surface area (Å²) in [4.78, 5) is 23.7. The number of carbonyl (C=O) groups excluding carboxylic acids is 1. The van der Waals surface area contributed by atoms with Gasteiger partial charge in [0.25, 0.3) is 0 Å². The third-order valence-electron chi connectivity index (χ3n) is 7.99. The Labute approximate surface area is 221 Å². The number of pyridine rings is 1. The Kier molecular flexibility index (Phi) is 5.79. The molecule has 0 unspecified atom stereocenters. The minimum Gasteiger partial charge on any atom is -0.340 e. The van der Waals surface area contributed by atoms with Gasteiger partial charge in [-0.05, 0) is 42.5 Å². The highest BCUT2D eigenvalue weighted by Crippen LogP contribution is 2.35. The quantitative estimate of drug-likeness (QED) is 0.280. The Morgan fingerprint density at radius 3 is 2.43 bits per heavy atom. The van der Waals surface area contributed by atoms with Crippen molar-refractivity contribution in [1.82, 2.24) is 19.2 Å². The molecule has 0 spiro atoms. The first-order valence-corrected chi connectivity index (χ1v) is 14.1. The summed E-state index contributed by atoms with van der Waals surface area (Å²) < 4.78 is 3.59. The number of hydrogen-bond acceptors (Lipinski definition) is 4. The molecule has 1 aliphatic carbocycles. The van der Waals surface area contributed by atoms with Gasteiger partial charge in [-0.25, -0.2) is 4.98 Å². The predicted octanol–water partition coefficient (Wildman–Crippen LogP) is 6.33. The molecule has 7 rings (SSSR count). The number of nitrogens with zero attached hydrogens (tertiary/aromatic N) is 4. The van der Waals surface area contributed by atoms with Gasteiger partial charge in [0, 0.05) is 65.5 Å². The van der Waals surface area contributed by atoms with E-state index in [2.05, 4.69) is 93.2 Å². The van der Waals surface area contributed by atoms with Crippen LogP contribution in [0.3, 0.4) is 0 Å². The third-order valence-corrected chi connectivity index (χ3v) is 9.15. The van der Waals surface area contributed by atoms with Gasteiger partial charge in [0.15, 0.2) is 0 Å². The maximum atomic E-state index is 12.7. The van der Waals surface area contributed by atoms with E-state index in [1.54, 1.807) is 0 Å². The van der Waals surface area contributed by atoms with Gasteiger partial charge in [0.1, 0.15) is 5.65 Å². The van der Waals surface area contributed by atoms with E-state index >= 15 is 0 Å². The van der Waals surface area contributed by atoms with Crippen LogP contribution in [0.25, 0.3) is 37.4 Å². The minimum atomic E-state index is 0.280. The van der Waals surface area contributed by atoms with Crippen LogP contribution >= 0.6 is 11.3 Å². The molecule has 0 atom stereocenters. The Bertz CT molecular complexity index is 1540. The zero-order valence-electron chi connectivity index (χ0n) is 20.8. The lowest BCUT2D eigenvalue weighted by molar-refractivity contribution is -0.140. The van der Waals surface area contributed by atoms with E-state index in [1.165, 1.54) is 32.6 Å². The number of benzene rings is 2. The van der Waals surface area contributed by atoms with Crippen molar-refractivity contribution < 1.29 is 4.79 Å². The lowest BCUT2D eigenvalue weighted by atomic mass is 9.84. The summed E-state index contributed by atoms with van der Waals surface area (Å²) in [6.45, 7) is 4.25. The molecule has 186 valence electrons. The number of thiophene rings is 1. The average molecular weight is 507 g/mol. The molecular weight excluding hydrogens is 476 g/mol. The molecule has 3 aromatic heterocycles. The Morgan fingerprint density at radius 1 is 0.892 bits per heavy atom. The third kappa shape index (κ3) is 4.24. The Morgan fingerprint density at radius 2 is 1.68 bits per heavy atom. The van der Waals surface area contributed by atoms with Crippen molar-refractivity contribution in [3.8, 4) is 21.7 Å². The molecule has 1 saturated carbocycles. The van der Waals surface area contributed by atoms with Crippen molar-refractivity contribution in [2.24, 2.45) is 5.92 Å². The number of amides is 1. The van der Waals surface area contributed by atoms with E-state index < -0.39 is 0 Å². The molecule has 0 bridgehead atoms. The molecule has 2 aliphatic rings. The largest absolute Gasteiger partial charge is 0.340 e. The highest BCUT2D eigenvalue weighted by Gasteiger charge is 2.31. The number of aromatic nitrogens is 2. The average Bonchev–Trinajstić information content (AvgIpc) is 3.50. The van der Waals surface area contributed by atoms with E-state index in [4.69, 9.17) is 4.98 Å². The van der Waals surface area contributed by atoms with Crippen LogP contribution in [0.4, 0.5) is 0 Å². The number of carbonyl (C=O) groups is 1. The molecule has 1 amide bonds. The Hall–Kier alpha value is -3.48. The van der Waals surface area contributed by atoms with Crippen molar-refractivity contribution in [1.29, 1.82) is 0 Å². The van der Waals surface area contributed by atoms with Crippen molar-refractivity contribution >= 4 is 33.0 Å². The SMILES string of the molecule is O=C(C1CCC1)N1CCN(Cc2c(-c3ccccc3)nc3ccc(-c4cc5ccccc5s4)cn23)CC1. The van der Waals surface area contributed by atoms with Gasteiger partial charge in [-0.15, -0.1) is 11.3 Å². The standard InChI is InChI=1S/C31H30N4OS/c36-31(23-10-6-11-23)34-17-15-33(16-18-34)21-26-30(22-7-2-1-3-8-22)32-29-14-13-25(20-35(26)29)28-19-24-9-4-5-12-27(24)37-28/h1-5,7-9,12-14,19-20,23H,6,10-11,15-18,21H2. The van der Waals surface area contributed by atoms with E-state index in [0.29, 0.717) is 5.91 Å². The van der Waals surface area contributed by atoms with Crippen molar-refractivity contribution in [2.45, 2.75) is 25.8 Å². The number of piperazine rings is 1. The van der Waals surface area contributed by atoms with Crippen molar-refractivity contribution in [3.63, 3.8) is 0 Å². The van der Waals surface area contributed by atoms with Crippen LogP contribution < -0.4 is 0 Å². The molecule has 37 heavy (non-hydrogen) atoms. The van der Waals surface area contributed by atoms with E-state index in [1.807, 2.05) is 11.3 Å².